The second-order valence-electron chi connectivity index (χ2n) is 6.38. The lowest BCUT2D eigenvalue weighted by Gasteiger charge is -2.10. The second-order valence-corrected chi connectivity index (χ2v) is 6.38. The van der Waals surface area contributed by atoms with Crippen LogP contribution in [0, 0.1) is 6.92 Å². The molecule has 0 aliphatic carbocycles. The van der Waals surface area contributed by atoms with Crippen molar-refractivity contribution in [2.75, 3.05) is 20.3 Å². The molecule has 0 saturated carbocycles. The fourth-order valence-electron chi connectivity index (χ4n) is 2.84. The molecule has 0 N–H and O–H groups in total. The van der Waals surface area contributed by atoms with Gasteiger partial charge in [0.15, 0.2) is 12.4 Å². The highest BCUT2D eigenvalue weighted by Crippen LogP contribution is 2.39. The summed E-state index contributed by atoms with van der Waals surface area (Å²) >= 11 is 0. The van der Waals surface area contributed by atoms with E-state index in [1.807, 2.05) is 0 Å². The van der Waals surface area contributed by atoms with Crippen LogP contribution in [0.1, 0.15) is 31.8 Å². The summed E-state index contributed by atoms with van der Waals surface area (Å²) in [5.41, 5.74) is 2.11. The van der Waals surface area contributed by atoms with Gasteiger partial charge in [0.25, 0.3) is 0 Å². The van der Waals surface area contributed by atoms with Gasteiger partial charge in [0.2, 0.25) is 5.78 Å². The molecule has 0 unspecified atom stereocenters. The van der Waals surface area contributed by atoms with E-state index in [0.717, 1.165) is 0 Å². The van der Waals surface area contributed by atoms with Gasteiger partial charge in [-0.3, -0.25) is 4.79 Å². The third kappa shape index (κ3) is 4.41. The molecule has 1 heterocycles. The minimum atomic E-state index is -0.525. The second kappa shape index (κ2) is 9.09. The van der Waals surface area contributed by atoms with Crippen molar-refractivity contribution in [3.63, 3.8) is 0 Å². The number of hydrogen-bond donors (Lipinski definition) is 0. The number of carbonyl (C=O) groups is 3. The van der Waals surface area contributed by atoms with Crippen LogP contribution in [0.15, 0.2) is 54.8 Å². The first-order valence-corrected chi connectivity index (χ1v) is 9.10. The summed E-state index contributed by atoms with van der Waals surface area (Å²) in [7, 11) is 1.31. The molecule has 0 bridgehead atoms. The minimum Gasteiger partial charge on any atom is -0.481 e. The van der Waals surface area contributed by atoms with Crippen molar-refractivity contribution >= 4 is 23.8 Å². The maximum absolute atomic E-state index is 12.7. The summed E-state index contributed by atoms with van der Waals surface area (Å²) in [4.78, 5) is 35.8. The van der Waals surface area contributed by atoms with Crippen molar-refractivity contribution in [3.05, 3.63) is 77.1 Å². The fourth-order valence-corrected chi connectivity index (χ4v) is 2.84. The molecule has 0 spiro atoms. The normalized spacial score (nSPS) is 13.4. The van der Waals surface area contributed by atoms with Crippen molar-refractivity contribution in [3.8, 4) is 11.5 Å². The van der Waals surface area contributed by atoms with Crippen LogP contribution in [0.2, 0.25) is 0 Å². The molecule has 2 aromatic carbocycles. The highest BCUT2D eigenvalue weighted by Gasteiger charge is 2.30. The van der Waals surface area contributed by atoms with Crippen molar-refractivity contribution in [1.82, 2.24) is 0 Å². The molecule has 154 valence electrons. The average Bonchev–Trinajstić information content (AvgIpc) is 3.08. The zero-order chi connectivity index (χ0) is 21.7. The van der Waals surface area contributed by atoms with Crippen molar-refractivity contribution in [1.29, 1.82) is 0 Å². The van der Waals surface area contributed by atoms with Crippen LogP contribution in [0.25, 0.3) is 6.08 Å². The van der Waals surface area contributed by atoms with Crippen molar-refractivity contribution in [2.45, 2.75) is 6.92 Å². The topological polar surface area (TPSA) is 88.1 Å². The maximum atomic E-state index is 12.7. The van der Waals surface area contributed by atoms with Crippen LogP contribution in [-0.2, 0) is 14.3 Å². The molecule has 7 nitrogen and oxygen atoms in total. The standard InChI is InChI=1S/C23H20O7/c1-4-11-28-20(24)13-29-18-10-9-17-21(25)19(30-22(17)14(18)2)12-15-5-7-16(8-6-15)23(26)27-3/h4-10,12H,1,11,13H2,2-3H3/b19-12-. The predicted molar refractivity (Wildman–Crippen MR) is 109 cm³/mol. The highest BCUT2D eigenvalue weighted by atomic mass is 16.6. The molecular weight excluding hydrogens is 388 g/mol. The zero-order valence-electron chi connectivity index (χ0n) is 16.6. The molecule has 30 heavy (non-hydrogen) atoms. The Morgan fingerprint density at radius 3 is 2.53 bits per heavy atom. The van der Waals surface area contributed by atoms with Gasteiger partial charge < -0.3 is 18.9 Å². The van der Waals surface area contributed by atoms with E-state index < -0.39 is 11.9 Å². The first kappa shape index (κ1) is 20.9. The minimum absolute atomic E-state index is 0.109. The zero-order valence-corrected chi connectivity index (χ0v) is 16.6. The number of carbonyl (C=O) groups excluding carboxylic acids is 3. The Labute approximate surface area is 173 Å². The van der Waals surface area contributed by atoms with Crippen molar-refractivity contribution in [2.24, 2.45) is 0 Å². The van der Waals surface area contributed by atoms with Gasteiger partial charge in [-0.2, -0.15) is 0 Å². The van der Waals surface area contributed by atoms with Crippen LogP contribution >= 0.6 is 0 Å². The lowest BCUT2D eigenvalue weighted by Crippen LogP contribution is -2.15. The average molecular weight is 408 g/mol. The van der Waals surface area contributed by atoms with Gasteiger partial charge in [-0.05, 0) is 42.8 Å². The first-order chi connectivity index (χ1) is 14.4. The summed E-state index contributed by atoms with van der Waals surface area (Å²) in [6.45, 7) is 5.05. The maximum Gasteiger partial charge on any atom is 0.344 e. The molecule has 0 radical (unpaired) electrons. The molecule has 1 aliphatic rings. The van der Waals surface area contributed by atoms with Crippen molar-refractivity contribution < 1.29 is 33.3 Å². The summed E-state index contributed by atoms with van der Waals surface area (Å²) in [5.74, 6) is -0.271. The van der Waals surface area contributed by atoms with Crippen LogP contribution in [-0.4, -0.2) is 38.0 Å². The third-order valence-corrected chi connectivity index (χ3v) is 4.37. The van der Waals surface area contributed by atoms with E-state index in [0.29, 0.717) is 33.8 Å². The van der Waals surface area contributed by atoms with E-state index in [1.54, 1.807) is 49.4 Å². The SMILES string of the molecule is C=CCOC(=O)COc1ccc2c(c1C)O/C(=C\c1ccc(C(=O)OC)cc1)C2=O. The van der Waals surface area contributed by atoms with Crippen LogP contribution < -0.4 is 9.47 Å². The van der Waals surface area contributed by atoms with Crippen LogP contribution in [0.3, 0.4) is 0 Å². The number of esters is 2. The Morgan fingerprint density at radius 2 is 1.87 bits per heavy atom. The first-order valence-electron chi connectivity index (χ1n) is 9.10. The molecule has 0 aromatic heterocycles. The number of Topliss-reactive ketones (excluding diaryl/α,β-unsaturated/α-hetero) is 1. The number of ketones is 1. The Kier molecular flexibility index (Phi) is 6.32. The lowest BCUT2D eigenvalue weighted by atomic mass is 10.1. The number of allylic oxidation sites excluding steroid dienone is 1. The summed E-state index contributed by atoms with van der Waals surface area (Å²) in [6.07, 6.45) is 3.06. The number of ether oxygens (including phenoxy) is 4. The Bertz CT molecular complexity index is 1030. The van der Waals surface area contributed by atoms with E-state index in [1.165, 1.54) is 13.2 Å². The lowest BCUT2D eigenvalue weighted by molar-refractivity contribution is -0.144. The quantitative estimate of drug-likeness (QED) is 0.394. The van der Waals surface area contributed by atoms with Gasteiger partial charge in [0.1, 0.15) is 18.1 Å². The Hall–Kier alpha value is -3.87. The van der Waals surface area contributed by atoms with Gasteiger partial charge in [0, 0.05) is 5.56 Å². The van der Waals surface area contributed by atoms with E-state index in [-0.39, 0.29) is 24.8 Å². The van der Waals surface area contributed by atoms with E-state index in [9.17, 15) is 14.4 Å². The third-order valence-electron chi connectivity index (χ3n) is 4.37. The molecule has 0 saturated heterocycles. The highest BCUT2D eigenvalue weighted by molar-refractivity contribution is 6.15. The summed E-state index contributed by atoms with van der Waals surface area (Å²) in [6, 6.07) is 9.80. The van der Waals surface area contributed by atoms with Gasteiger partial charge >= 0.3 is 11.9 Å². The van der Waals surface area contributed by atoms with Crippen LogP contribution in [0.4, 0.5) is 0 Å². The van der Waals surface area contributed by atoms with Gasteiger partial charge in [0.05, 0.1) is 18.2 Å². The van der Waals surface area contributed by atoms with E-state index in [2.05, 4.69) is 11.3 Å². The fraction of sp³-hybridized carbons (Fsp3) is 0.174. The molecule has 0 fully saturated rings. The molecule has 0 amide bonds. The largest absolute Gasteiger partial charge is 0.481 e. The number of methoxy groups -OCH3 is 1. The van der Waals surface area contributed by atoms with E-state index in [4.69, 9.17) is 14.2 Å². The monoisotopic (exact) mass is 408 g/mol. The molecule has 0 atom stereocenters. The molecule has 2 aromatic rings. The van der Waals surface area contributed by atoms with E-state index >= 15 is 0 Å². The number of rotatable bonds is 7. The van der Waals surface area contributed by atoms with Gasteiger partial charge in [-0.1, -0.05) is 24.8 Å². The molecular formula is C23H20O7. The molecule has 1 aliphatic heterocycles. The number of hydrogen-bond acceptors (Lipinski definition) is 7. The molecule has 3 rings (SSSR count). The van der Waals surface area contributed by atoms with Gasteiger partial charge in [-0.25, -0.2) is 9.59 Å². The molecule has 7 heteroatoms. The van der Waals surface area contributed by atoms with Crippen LogP contribution in [0.5, 0.6) is 11.5 Å². The predicted octanol–water partition coefficient (Wildman–Crippen LogP) is 3.51. The number of benzene rings is 2. The Balaban J connectivity index is 1.76. The summed E-state index contributed by atoms with van der Waals surface area (Å²) in [5, 5.41) is 0. The summed E-state index contributed by atoms with van der Waals surface area (Å²) < 4.78 is 20.8. The number of fused-ring (bicyclic) bond motifs is 1. The smallest absolute Gasteiger partial charge is 0.344 e. The van der Waals surface area contributed by atoms with Gasteiger partial charge in [-0.15, -0.1) is 0 Å². The Morgan fingerprint density at radius 1 is 1.13 bits per heavy atom.